The molecule has 0 unspecified atom stereocenters. The number of fused-ring (bicyclic) bond motifs is 2. The van der Waals surface area contributed by atoms with Gasteiger partial charge in [0, 0.05) is 0 Å². The van der Waals surface area contributed by atoms with E-state index in [0.29, 0.717) is 11.8 Å². The van der Waals surface area contributed by atoms with Gasteiger partial charge in [0.15, 0.2) is 0 Å². The molecule has 0 spiro atoms. The molecule has 0 amide bonds. The van der Waals surface area contributed by atoms with Gasteiger partial charge >= 0.3 is 30.2 Å². The quantitative estimate of drug-likeness (QED) is 0.105. The SMILES string of the molecule is CC(C)c1ccc(-c2cccc3[cH-]c(CC4C5CC6CC(C5)CC4C6)cc23)cc1.CC(C)c1ccc(-c2cccc3[cH-]c(CC4C5CC6CC(C5)CC4C6)cc23)cc1.Cl.Cl.[CH2-]CC.[CH3-].[Si]=[Zr]. The van der Waals surface area contributed by atoms with Crippen LogP contribution < -0.4 is 0 Å². The average Bonchev–Trinajstić information content (AvgIpc) is 3.91. The molecule has 0 atom stereocenters. The van der Waals surface area contributed by atoms with E-state index in [9.17, 15) is 0 Å². The molecule has 0 aromatic heterocycles. The molecule has 6 aromatic carbocycles. The number of benzene rings is 4. The Balaban J connectivity index is 0.000000191. The summed E-state index contributed by atoms with van der Waals surface area (Å²) in [5.41, 5.74) is 11.5. The molecule has 8 fully saturated rings. The van der Waals surface area contributed by atoms with E-state index in [4.69, 9.17) is 0 Å². The van der Waals surface area contributed by atoms with Crippen LogP contribution in [0, 0.1) is 73.5 Å². The van der Waals surface area contributed by atoms with E-state index in [1.807, 2.05) is 6.92 Å². The van der Waals surface area contributed by atoms with Gasteiger partial charge in [0.2, 0.25) is 0 Å². The van der Waals surface area contributed by atoms with Crippen LogP contribution >= 0.6 is 24.8 Å². The fraction of sp³-hybridized carbons (Fsp3) is 0.484. The molecular formula is C62H78Cl2SiZr-4. The zero-order valence-electron chi connectivity index (χ0n) is 41.0. The Morgan fingerprint density at radius 1 is 0.515 bits per heavy atom. The van der Waals surface area contributed by atoms with E-state index in [-0.39, 0.29) is 32.2 Å². The molecule has 66 heavy (non-hydrogen) atoms. The van der Waals surface area contributed by atoms with Gasteiger partial charge in [-0.3, -0.25) is 0 Å². The van der Waals surface area contributed by atoms with Gasteiger partial charge in [-0.25, -0.2) is 0 Å². The Hall–Kier alpha value is -2.22. The summed E-state index contributed by atoms with van der Waals surface area (Å²) in [4.78, 5) is 0. The Morgan fingerprint density at radius 2 is 0.818 bits per heavy atom. The fourth-order valence-corrected chi connectivity index (χ4v) is 14.7. The van der Waals surface area contributed by atoms with E-state index in [1.54, 1.807) is 24.0 Å². The summed E-state index contributed by atoms with van der Waals surface area (Å²) in [6, 6.07) is 42.2. The molecule has 0 saturated heterocycles. The predicted molar refractivity (Wildman–Crippen MR) is 289 cm³/mol. The molecule has 14 rings (SSSR count). The number of rotatable bonds is 8. The summed E-state index contributed by atoms with van der Waals surface area (Å²) in [5.74, 6) is 11.5. The normalized spacial score (nSPS) is 27.1. The summed E-state index contributed by atoms with van der Waals surface area (Å²) in [7, 11) is 0. The third-order valence-electron chi connectivity index (χ3n) is 17.2. The zero-order chi connectivity index (χ0) is 43.8. The van der Waals surface area contributed by atoms with Gasteiger partial charge in [-0.05, 0) is 170 Å². The fourth-order valence-electron chi connectivity index (χ4n) is 14.7. The molecule has 0 nitrogen and oxygen atoms in total. The van der Waals surface area contributed by atoms with Gasteiger partial charge in [0.25, 0.3) is 0 Å². The molecule has 0 heterocycles. The summed E-state index contributed by atoms with van der Waals surface area (Å²) in [6.45, 7) is 17.6. The zero-order valence-corrected chi connectivity index (χ0v) is 46.1. The molecule has 352 valence electrons. The Morgan fingerprint density at radius 3 is 1.11 bits per heavy atom. The first-order chi connectivity index (χ1) is 30.7. The second kappa shape index (κ2) is 23.6. The Bertz CT molecular complexity index is 2210. The van der Waals surface area contributed by atoms with Gasteiger partial charge in [0.1, 0.15) is 0 Å². The van der Waals surface area contributed by atoms with Crippen LogP contribution in [0.1, 0.15) is 139 Å². The van der Waals surface area contributed by atoms with Crippen molar-refractivity contribution in [3.05, 3.63) is 146 Å². The maximum atomic E-state index is 3.49. The average molecular weight is 1010 g/mol. The molecule has 8 aliphatic rings. The molecule has 2 radical (unpaired) electrons. The van der Waals surface area contributed by atoms with Crippen molar-refractivity contribution >= 4 is 53.2 Å². The molecule has 6 aromatic rings. The van der Waals surface area contributed by atoms with Crippen LogP contribution in [0.3, 0.4) is 0 Å². The number of hydrogen-bond acceptors (Lipinski definition) is 0. The van der Waals surface area contributed by atoms with Gasteiger partial charge in [-0.1, -0.05) is 106 Å². The van der Waals surface area contributed by atoms with Crippen molar-refractivity contribution in [2.45, 2.75) is 130 Å². The summed E-state index contributed by atoms with van der Waals surface area (Å²) >= 11 is 1.36. The van der Waals surface area contributed by atoms with Gasteiger partial charge in [-0.15, -0.1) is 93.9 Å². The minimum absolute atomic E-state index is 0. The number of hydrogen-bond donors (Lipinski definition) is 0. The van der Waals surface area contributed by atoms with Crippen molar-refractivity contribution in [3.8, 4) is 22.3 Å². The van der Waals surface area contributed by atoms with Crippen molar-refractivity contribution in [1.82, 2.24) is 0 Å². The van der Waals surface area contributed by atoms with Crippen molar-refractivity contribution < 1.29 is 23.3 Å². The second-order valence-electron chi connectivity index (χ2n) is 22.0. The molecule has 8 saturated carbocycles. The first kappa shape index (κ1) is 53.1. The standard InChI is InChI=1S/2C29H33.C3H7.CH3.2ClH.Si.Zr/c2*1-18(2)22-6-8-23(9-7-22)27-5-3-4-24-11-21(17-29(24)27)16-28-25-12-19-10-20(14-25)15-26(28)13-19;1-3-2;;;;;/h2*3-9,11,17-20,25-26,28H,10,12-16H2,1-2H3;1,3H2,2H3;1H3;2*1H;;/q4*-1;;;;. The van der Waals surface area contributed by atoms with E-state index >= 15 is 0 Å². The molecule has 4 heteroatoms. The maximum absolute atomic E-state index is 3.49. The van der Waals surface area contributed by atoms with E-state index in [0.717, 1.165) is 65.6 Å². The summed E-state index contributed by atoms with van der Waals surface area (Å²) in [5, 5.41) is 5.75. The first-order valence-electron chi connectivity index (χ1n) is 25.3. The monoisotopic (exact) mass is 1010 g/mol. The second-order valence-corrected chi connectivity index (χ2v) is 22.0. The minimum atomic E-state index is 0. The van der Waals surface area contributed by atoms with E-state index in [1.165, 1.54) is 142 Å². The van der Waals surface area contributed by atoms with Gasteiger partial charge in [0.05, 0.1) is 0 Å². The van der Waals surface area contributed by atoms with Gasteiger partial charge in [-0.2, -0.15) is 18.6 Å². The predicted octanol–water partition coefficient (Wildman–Crippen LogP) is 18.1. The van der Waals surface area contributed by atoms with Crippen molar-refractivity contribution in [1.29, 1.82) is 0 Å². The number of halogens is 2. The van der Waals surface area contributed by atoms with Crippen LogP contribution in [0.4, 0.5) is 0 Å². The van der Waals surface area contributed by atoms with Gasteiger partial charge < -0.3 is 14.4 Å². The van der Waals surface area contributed by atoms with Crippen molar-refractivity contribution in [3.63, 3.8) is 0 Å². The van der Waals surface area contributed by atoms with Crippen LogP contribution in [-0.2, 0) is 36.2 Å². The third kappa shape index (κ3) is 11.4. The molecular weight excluding hydrogens is 935 g/mol. The Labute approximate surface area is 430 Å². The van der Waals surface area contributed by atoms with Crippen LogP contribution in [0.25, 0.3) is 43.8 Å². The summed E-state index contributed by atoms with van der Waals surface area (Å²) in [6.07, 6.45) is 19.0. The van der Waals surface area contributed by atoms with Crippen molar-refractivity contribution in [2.75, 3.05) is 0 Å². The molecule has 0 aliphatic heterocycles. The van der Waals surface area contributed by atoms with Crippen LogP contribution in [0.2, 0.25) is 0 Å². The van der Waals surface area contributed by atoms with Crippen LogP contribution in [-0.4, -0.2) is 6.88 Å². The van der Waals surface area contributed by atoms with Crippen LogP contribution in [0.15, 0.2) is 109 Å². The van der Waals surface area contributed by atoms with E-state index < -0.39 is 0 Å². The topological polar surface area (TPSA) is 0 Å². The van der Waals surface area contributed by atoms with E-state index in [2.05, 4.69) is 151 Å². The Kier molecular flexibility index (Phi) is 19.0. The van der Waals surface area contributed by atoms with Crippen molar-refractivity contribution in [2.24, 2.45) is 59.2 Å². The first-order valence-corrected chi connectivity index (χ1v) is 29.5. The third-order valence-corrected chi connectivity index (χ3v) is 17.2. The molecule has 8 aliphatic carbocycles. The van der Waals surface area contributed by atoms with Crippen LogP contribution in [0.5, 0.6) is 0 Å². The summed E-state index contributed by atoms with van der Waals surface area (Å²) < 4.78 is 0. The molecule has 8 bridgehead atoms. The molecule has 0 N–H and O–H groups in total.